The van der Waals surface area contributed by atoms with Gasteiger partial charge in [0.2, 0.25) is 5.91 Å². The van der Waals surface area contributed by atoms with Crippen LogP contribution in [0.25, 0.3) is 0 Å². The highest BCUT2D eigenvalue weighted by atomic mass is 16.2. The second-order valence-electron chi connectivity index (χ2n) is 5.20. The Morgan fingerprint density at radius 1 is 1.38 bits per heavy atom. The van der Waals surface area contributed by atoms with Crippen molar-refractivity contribution < 1.29 is 14.4 Å². The summed E-state index contributed by atoms with van der Waals surface area (Å²) in [5.74, 6) is -0.768. The number of nitrogens with one attached hydrogen (secondary N) is 1. The van der Waals surface area contributed by atoms with Gasteiger partial charge in [-0.2, -0.15) is 0 Å². The van der Waals surface area contributed by atoms with Crippen molar-refractivity contribution in [1.82, 2.24) is 9.80 Å². The quantitative estimate of drug-likeness (QED) is 0.610. The van der Waals surface area contributed by atoms with E-state index in [9.17, 15) is 14.4 Å². The highest BCUT2D eigenvalue weighted by molar-refractivity contribution is 6.07. The van der Waals surface area contributed by atoms with Crippen molar-refractivity contribution >= 4 is 29.1 Å². The Bertz CT molecular complexity index is 612. The number of likely N-dealkylation sites (tertiary alicyclic amines) is 1. The maximum atomic E-state index is 12.1. The molecule has 1 fully saturated rings. The van der Waals surface area contributed by atoms with Gasteiger partial charge in [0.05, 0.1) is 12.0 Å². The number of nitrogens with zero attached hydrogens (tertiary/aromatic N) is 2. The lowest BCUT2D eigenvalue weighted by Gasteiger charge is -2.18. The van der Waals surface area contributed by atoms with E-state index in [0.717, 1.165) is 4.90 Å². The Labute approximate surface area is 122 Å². The van der Waals surface area contributed by atoms with Crippen LogP contribution in [0.15, 0.2) is 18.2 Å². The lowest BCUT2D eigenvalue weighted by molar-refractivity contribution is -0.136. The van der Waals surface area contributed by atoms with E-state index in [0.29, 0.717) is 16.9 Å². The predicted molar refractivity (Wildman–Crippen MR) is 78.7 cm³/mol. The van der Waals surface area contributed by atoms with Crippen LogP contribution in [0.3, 0.4) is 0 Å². The number of hydrogen-bond donors (Lipinski definition) is 2. The summed E-state index contributed by atoms with van der Waals surface area (Å²) in [5, 5.41) is 2.96. The third-order valence-corrected chi connectivity index (χ3v) is 3.39. The summed E-state index contributed by atoms with van der Waals surface area (Å²) in [6, 6.07) is 4.14. The summed E-state index contributed by atoms with van der Waals surface area (Å²) in [7, 11) is 4.72. The largest absolute Gasteiger partial charge is 0.399 e. The Morgan fingerprint density at radius 3 is 2.57 bits per heavy atom. The Morgan fingerprint density at radius 2 is 2.05 bits per heavy atom. The average Bonchev–Trinajstić information content (AvgIpc) is 2.66. The number of carbonyl (C=O) groups is 3. The first kappa shape index (κ1) is 14.8. The third-order valence-electron chi connectivity index (χ3n) is 3.39. The van der Waals surface area contributed by atoms with E-state index in [2.05, 4.69) is 5.32 Å². The van der Waals surface area contributed by atoms with Gasteiger partial charge in [0.25, 0.3) is 11.8 Å². The molecule has 7 heteroatoms. The highest BCUT2D eigenvalue weighted by Gasteiger charge is 2.36. The summed E-state index contributed by atoms with van der Waals surface area (Å²) >= 11 is 0. The molecule has 0 spiro atoms. The second kappa shape index (κ2) is 5.43. The number of nitrogens with two attached hydrogens (primary N) is 1. The van der Waals surface area contributed by atoms with Crippen molar-refractivity contribution in [2.75, 3.05) is 32.2 Å². The van der Waals surface area contributed by atoms with Gasteiger partial charge in [0.1, 0.15) is 6.04 Å². The van der Waals surface area contributed by atoms with Crippen molar-refractivity contribution in [3.8, 4) is 0 Å². The van der Waals surface area contributed by atoms with Crippen LogP contribution < -0.4 is 11.1 Å². The number of rotatable bonds is 3. The minimum Gasteiger partial charge on any atom is -0.399 e. The summed E-state index contributed by atoms with van der Waals surface area (Å²) in [5.41, 5.74) is 7.07. The number of carbonyl (C=O) groups excluding carboxylic acids is 3. The summed E-state index contributed by atoms with van der Waals surface area (Å²) < 4.78 is 0. The fourth-order valence-electron chi connectivity index (χ4n) is 2.16. The fourth-order valence-corrected chi connectivity index (χ4v) is 2.16. The molecule has 1 unspecified atom stereocenters. The van der Waals surface area contributed by atoms with Crippen LogP contribution in [0.5, 0.6) is 0 Å². The average molecular weight is 290 g/mol. The maximum absolute atomic E-state index is 12.1. The third kappa shape index (κ3) is 2.81. The van der Waals surface area contributed by atoms with Gasteiger partial charge in [-0.15, -0.1) is 0 Å². The van der Waals surface area contributed by atoms with E-state index in [-0.39, 0.29) is 24.1 Å². The van der Waals surface area contributed by atoms with E-state index < -0.39 is 6.04 Å². The molecule has 0 aromatic heterocycles. The SMILES string of the molecule is CN(C)C(=O)c1ccc(N)cc1NC1CC(=O)N(C)C1=O. The number of hydrogen-bond acceptors (Lipinski definition) is 5. The van der Waals surface area contributed by atoms with Gasteiger partial charge in [-0.25, -0.2) is 0 Å². The Hall–Kier alpha value is -2.57. The Kier molecular flexibility index (Phi) is 3.84. The van der Waals surface area contributed by atoms with Gasteiger partial charge in [-0.05, 0) is 18.2 Å². The van der Waals surface area contributed by atoms with E-state index in [1.165, 1.54) is 11.9 Å². The van der Waals surface area contributed by atoms with E-state index >= 15 is 0 Å². The molecule has 1 aromatic carbocycles. The minimum absolute atomic E-state index is 0.0692. The van der Waals surface area contributed by atoms with Crippen LogP contribution in [0.2, 0.25) is 0 Å². The maximum Gasteiger partial charge on any atom is 0.255 e. The molecule has 1 aliphatic rings. The van der Waals surface area contributed by atoms with Gasteiger partial charge >= 0.3 is 0 Å². The van der Waals surface area contributed by atoms with Gasteiger partial charge in [0, 0.05) is 32.5 Å². The summed E-state index contributed by atoms with van der Waals surface area (Å²) in [6.45, 7) is 0. The molecule has 0 saturated carbocycles. The molecule has 3 N–H and O–H groups in total. The first-order valence-electron chi connectivity index (χ1n) is 6.49. The highest BCUT2D eigenvalue weighted by Crippen LogP contribution is 2.24. The van der Waals surface area contributed by atoms with Gasteiger partial charge in [-0.1, -0.05) is 0 Å². The van der Waals surface area contributed by atoms with E-state index in [1.54, 1.807) is 32.3 Å². The molecule has 2 rings (SSSR count). The van der Waals surface area contributed by atoms with Gasteiger partial charge in [0.15, 0.2) is 0 Å². The van der Waals surface area contributed by atoms with Crippen LogP contribution >= 0.6 is 0 Å². The first-order chi connectivity index (χ1) is 9.81. The Balaban J connectivity index is 2.31. The molecular formula is C14H18N4O3. The zero-order valence-corrected chi connectivity index (χ0v) is 12.2. The molecule has 1 aliphatic heterocycles. The van der Waals surface area contributed by atoms with Gasteiger partial charge < -0.3 is 16.0 Å². The topological polar surface area (TPSA) is 95.7 Å². The molecule has 112 valence electrons. The summed E-state index contributed by atoms with van der Waals surface area (Å²) in [6.07, 6.45) is 0.0692. The number of likely N-dealkylation sites (N-methyl/N-ethyl adjacent to an activating group) is 1. The molecule has 7 nitrogen and oxygen atoms in total. The standard InChI is InChI=1S/C14H18N4O3/c1-17(2)13(20)9-5-4-8(15)6-10(9)16-11-7-12(19)18(3)14(11)21/h4-6,11,16H,7,15H2,1-3H3. The predicted octanol–water partition coefficient (Wildman–Crippen LogP) is 0.140. The number of nitrogen functional groups attached to an aromatic ring is 1. The summed E-state index contributed by atoms with van der Waals surface area (Å²) in [4.78, 5) is 38.1. The zero-order chi connectivity index (χ0) is 15.7. The molecule has 3 amide bonds. The molecule has 1 atom stereocenters. The van der Waals surface area contributed by atoms with Crippen LogP contribution in [0.1, 0.15) is 16.8 Å². The van der Waals surface area contributed by atoms with Gasteiger partial charge in [-0.3, -0.25) is 19.3 Å². The smallest absolute Gasteiger partial charge is 0.255 e. The number of benzene rings is 1. The number of amides is 3. The second-order valence-corrected chi connectivity index (χ2v) is 5.20. The first-order valence-corrected chi connectivity index (χ1v) is 6.49. The van der Waals surface area contributed by atoms with Crippen molar-refractivity contribution in [3.63, 3.8) is 0 Å². The molecule has 0 aliphatic carbocycles. The minimum atomic E-state index is -0.669. The molecule has 0 radical (unpaired) electrons. The number of imide groups is 1. The van der Waals surface area contributed by atoms with Crippen molar-refractivity contribution in [2.45, 2.75) is 12.5 Å². The molecule has 21 heavy (non-hydrogen) atoms. The lowest BCUT2D eigenvalue weighted by Crippen LogP contribution is -2.32. The van der Waals surface area contributed by atoms with E-state index in [1.807, 2.05) is 0 Å². The van der Waals surface area contributed by atoms with Crippen LogP contribution in [-0.4, -0.2) is 54.7 Å². The van der Waals surface area contributed by atoms with Crippen molar-refractivity contribution in [1.29, 1.82) is 0 Å². The van der Waals surface area contributed by atoms with Crippen LogP contribution in [0.4, 0.5) is 11.4 Å². The number of anilines is 2. The lowest BCUT2D eigenvalue weighted by atomic mass is 10.1. The zero-order valence-electron chi connectivity index (χ0n) is 12.2. The van der Waals surface area contributed by atoms with Crippen LogP contribution in [0, 0.1) is 0 Å². The van der Waals surface area contributed by atoms with Crippen molar-refractivity contribution in [2.24, 2.45) is 0 Å². The molecule has 0 bridgehead atoms. The molecular weight excluding hydrogens is 272 g/mol. The fraction of sp³-hybridized carbons (Fsp3) is 0.357. The monoisotopic (exact) mass is 290 g/mol. The molecule has 1 heterocycles. The molecule has 1 aromatic rings. The van der Waals surface area contributed by atoms with Crippen molar-refractivity contribution in [3.05, 3.63) is 23.8 Å². The van der Waals surface area contributed by atoms with Crippen LogP contribution in [-0.2, 0) is 9.59 Å². The normalized spacial score (nSPS) is 18.0. The van der Waals surface area contributed by atoms with E-state index in [4.69, 9.17) is 5.73 Å². The molecule has 1 saturated heterocycles.